The van der Waals surface area contributed by atoms with Crippen molar-refractivity contribution in [3.63, 3.8) is 0 Å². The van der Waals surface area contributed by atoms with E-state index in [1.165, 1.54) is 30.1 Å². The standard InChI is InChI=1S/C21H18ClF4N3O2/c1-12(28(2)20(31)27-13-7-8-18(23)17(22)9-13)16-10-29(11-21(24,25)26)19(30)15-6-4-3-5-14(15)16/h3-10,12H,11H2,1-2H3,(H,27,31). The van der Waals surface area contributed by atoms with Gasteiger partial charge in [-0.2, -0.15) is 13.2 Å². The first kappa shape index (κ1) is 22.6. The summed E-state index contributed by atoms with van der Waals surface area (Å²) in [5.74, 6) is -0.639. The van der Waals surface area contributed by atoms with Gasteiger partial charge in [0.15, 0.2) is 0 Å². The minimum Gasteiger partial charge on any atom is -0.321 e. The number of alkyl halides is 3. The molecule has 0 bridgehead atoms. The van der Waals surface area contributed by atoms with E-state index in [1.807, 2.05) is 0 Å². The van der Waals surface area contributed by atoms with Gasteiger partial charge >= 0.3 is 12.2 Å². The van der Waals surface area contributed by atoms with E-state index < -0.39 is 36.2 Å². The van der Waals surface area contributed by atoms with Gasteiger partial charge in [0.1, 0.15) is 12.4 Å². The van der Waals surface area contributed by atoms with Gasteiger partial charge < -0.3 is 14.8 Å². The van der Waals surface area contributed by atoms with Crippen molar-refractivity contribution < 1.29 is 22.4 Å². The summed E-state index contributed by atoms with van der Waals surface area (Å²) in [6, 6.07) is 8.67. The maximum absolute atomic E-state index is 13.3. The van der Waals surface area contributed by atoms with Crippen LogP contribution in [0.3, 0.4) is 0 Å². The van der Waals surface area contributed by atoms with E-state index in [1.54, 1.807) is 25.1 Å². The summed E-state index contributed by atoms with van der Waals surface area (Å²) >= 11 is 5.72. The van der Waals surface area contributed by atoms with Gasteiger partial charge in [-0.3, -0.25) is 4.79 Å². The van der Waals surface area contributed by atoms with Crippen LogP contribution in [0.5, 0.6) is 0 Å². The highest BCUT2D eigenvalue weighted by Crippen LogP contribution is 2.28. The Labute approximate surface area is 179 Å². The summed E-state index contributed by atoms with van der Waals surface area (Å²) < 4.78 is 52.8. The number of nitrogens with zero attached hydrogens (tertiary/aromatic N) is 2. The molecule has 1 N–H and O–H groups in total. The van der Waals surface area contributed by atoms with Crippen LogP contribution in [0.25, 0.3) is 10.8 Å². The number of amides is 2. The van der Waals surface area contributed by atoms with Crippen molar-refractivity contribution >= 4 is 34.1 Å². The van der Waals surface area contributed by atoms with Gasteiger partial charge in [0, 0.05) is 24.3 Å². The second kappa shape index (κ2) is 8.58. The highest BCUT2D eigenvalue weighted by molar-refractivity contribution is 6.31. The van der Waals surface area contributed by atoms with Crippen LogP contribution in [0.2, 0.25) is 5.02 Å². The number of pyridine rings is 1. The van der Waals surface area contributed by atoms with Gasteiger partial charge in [-0.05, 0) is 42.1 Å². The molecule has 0 aliphatic rings. The molecule has 10 heteroatoms. The zero-order chi connectivity index (χ0) is 22.9. The zero-order valence-corrected chi connectivity index (χ0v) is 17.3. The lowest BCUT2D eigenvalue weighted by molar-refractivity contribution is -0.141. The molecule has 164 valence electrons. The van der Waals surface area contributed by atoms with Crippen LogP contribution in [-0.4, -0.2) is 28.7 Å². The summed E-state index contributed by atoms with van der Waals surface area (Å²) in [6.07, 6.45) is -3.46. The van der Waals surface area contributed by atoms with Crippen LogP contribution in [0, 0.1) is 5.82 Å². The highest BCUT2D eigenvalue weighted by Gasteiger charge is 2.30. The van der Waals surface area contributed by atoms with Crippen molar-refractivity contribution in [1.29, 1.82) is 0 Å². The van der Waals surface area contributed by atoms with Crippen molar-refractivity contribution in [2.75, 3.05) is 12.4 Å². The predicted octanol–water partition coefficient (Wildman–Crippen LogP) is 5.58. The molecule has 0 aliphatic heterocycles. The first-order chi connectivity index (χ1) is 14.5. The smallest absolute Gasteiger partial charge is 0.321 e. The number of halogens is 5. The van der Waals surface area contributed by atoms with Crippen LogP contribution in [0.15, 0.2) is 53.5 Å². The third-order valence-electron chi connectivity index (χ3n) is 4.90. The Balaban J connectivity index is 1.97. The number of anilines is 1. The number of hydrogen-bond acceptors (Lipinski definition) is 2. The average molecular weight is 456 g/mol. The molecule has 3 rings (SSSR count). The first-order valence-corrected chi connectivity index (χ1v) is 9.53. The second-order valence-corrected chi connectivity index (χ2v) is 7.43. The van der Waals surface area contributed by atoms with E-state index in [4.69, 9.17) is 11.6 Å². The quantitative estimate of drug-likeness (QED) is 0.522. The van der Waals surface area contributed by atoms with Crippen LogP contribution in [0.4, 0.5) is 28.0 Å². The van der Waals surface area contributed by atoms with Gasteiger partial charge in [0.2, 0.25) is 0 Å². The first-order valence-electron chi connectivity index (χ1n) is 9.15. The van der Waals surface area contributed by atoms with E-state index in [0.29, 0.717) is 15.5 Å². The van der Waals surface area contributed by atoms with Gasteiger partial charge in [0.25, 0.3) is 5.56 Å². The molecule has 2 aromatic carbocycles. The lowest BCUT2D eigenvalue weighted by Crippen LogP contribution is -2.35. The number of rotatable bonds is 4. The lowest BCUT2D eigenvalue weighted by atomic mass is 10.0. The topological polar surface area (TPSA) is 54.3 Å². The highest BCUT2D eigenvalue weighted by atomic mass is 35.5. The van der Waals surface area contributed by atoms with Crippen molar-refractivity contribution in [1.82, 2.24) is 9.47 Å². The molecule has 0 aliphatic carbocycles. The number of aromatic nitrogens is 1. The van der Waals surface area contributed by atoms with Crippen molar-refractivity contribution in [3.8, 4) is 0 Å². The van der Waals surface area contributed by atoms with E-state index >= 15 is 0 Å². The van der Waals surface area contributed by atoms with Gasteiger partial charge in [-0.25, -0.2) is 9.18 Å². The molecule has 0 saturated heterocycles. The number of urea groups is 1. The molecular weight excluding hydrogens is 438 g/mol. The number of carbonyl (C=O) groups excluding carboxylic acids is 1. The summed E-state index contributed by atoms with van der Waals surface area (Å²) in [5.41, 5.74) is -0.145. The third-order valence-corrected chi connectivity index (χ3v) is 5.19. The molecule has 0 saturated carbocycles. The Morgan fingerprint density at radius 3 is 2.45 bits per heavy atom. The average Bonchev–Trinajstić information content (AvgIpc) is 2.71. The number of carbonyl (C=O) groups is 1. The van der Waals surface area contributed by atoms with Crippen LogP contribution in [0.1, 0.15) is 18.5 Å². The van der Waals surface area contributed by atoms with E-state index in [0.717, 1.165) is 12.3 Å². The Morgan fingerprint density at radius 2 is 1.84 bits per heavy atom. The van der Waals surface area contributed by atoms with Crippen molar-refractivity contribution in [3.05, 3.63) is 75.4 Å². The fourth-order valence-electron chi connectivity index (χ4n) is 3.19. The van der Waals surface area contributed by atoms with E-state index in [2.05, 4.69) is 5.32 Å². The molecule has 31 heavy (non-hydrogen) atoms. The number of benzene rings is 2. The molecule has 0 spiro atoms. The van der Waals surface area contributed by atoms with E-state index in [-0.39, 0.29) is 16.1 Å². The molecule has 0 fully saturated rings. The van der Waals surface area contributed by atoms with Crippen molar-refractivity contribution in [2.24, 2.45) is 0 Å². The molecule has 1 aromatic heterocycles. The number of hydrogen-bond donors (Lipinski definition) is 1. The molecular formula is C21H18ClF4N3O2. The summed E-state index contributed by atoms with van der Waals surface area (Å²) in [7, 11) is 1.46. The SMILES string of the molecule is CC(c1cn(CC(F)(F)F)c(=O)c2ccccc12)N(C)C(=O)Nc1ccc(F)c(Cl)c1. The summed E-state index contributed by atoms with van der Waals surface area (Å²) in [5, 5.41) is 2.96. The largest absolute Gasteiger partial charge is 0.406 e. The van der Waals surface area contributed by atoms with Gasteiger partial charge in [-0.1, -0.05) is 29.8 Å². The monoisotopic (exact) mass is 455 g/mol. The normalized spacial score (nSPS) is 12.6. The fourth-order valence-corrected chi connectivity index (χ4v) is 3.37. The molecule has 0 radical (unpaired) electrons. The Hall–Kier alpha value is -3.07. The zero-order valence-electron chi connectivity index (χ0n) is 16.5. The van der Waals surface area contributed by atoms with Crippen molar-refractivity contribution in [2.45, 2.75) is 25.7 Å². The Kier molecular flexibility index (Phi) is 6.26. The lowest BCUT2D eigenvalue weighted by Gasteiger charge is -2.27. The molecule has 1 unspecified atom stereocenters. The van der Waals surface area contributed by atoms with Crippen LogP contribution >= 0.6 is 11.6 Å². The molecule has 2 amide bonds. The predicted molar refractivity (Wildman–Crippen MR) is 111 cm³/mol. The summed E-state index contributed by atoms with van der Waals surface area (Å²) in [4.78, 5) is 26.4. The molecule has 5 nitrogen and oxygen atoms in total. The fraction of sp³-hybridized carbons (Fsp3) is 0.238. The molecule has 1 heterocycles. The van der Waals surface area contributed by atoms with Crippen LogP contribution < -0.4 is 10.9 Å². The minimum atomic E-state index is -4.59. The van der Waals surface area contributed by atoms with E-state index in [9.17, 15) is 27.2 Å². The number of nitrogens with one attached hydrogen (secondary N) is 1. The van der Waals surface area contributed by atoms with Crippen LogP contribution in [-0.2, 0) is 6.54 Å². The molecule has 1 atom stereocenters. The maximum Gasteiger partial charge on any atom is 0.406 e. The summed E-state index contributed by atoms with van der Waals surface area (Å²) in [6.45, 7) is 0.182. The van der Waals surface area contributed by atoms with Gasteiger partial charge in [0.05, 0.1) is 11.1 Å². The number of fused-ring (bicyclic) bond motifs is 1. The Morgan fingerprint density at radius 1 is 1.19 bits per heavy atom. The third kappa shape index (κ3) is 4.99. The van der Waals surface area contributed by atoms with Gasteiger partial charge in [-0.15, -0.1) is 0 Å². The minimum absolute atomic E-state index is 0.121. The second-order valence-electron chi connectivity index (χ2n) is 7.02. The maximum atomic E-state index is 13.3. The molecule has 3 aromatic rings. The Bertz CT molecular complexity index is 1190.